The molecule has 16 heavy (non-hydrogen) atoms. The van der Waals surface area contributed by atoms with Crippen LogP contribution in [0.3, 0.4) is 0 Å². The Hall–Kier alpha value is -1.61. The van der Waals surface area contributed by atoms with Gasteiger partial charge in [-0.2, -0.15) is 5.10 Å². The van der Waals surface area contributed by atoms with Gasteiger partial charge in [-0.25, -0.2) is 4.68 Å². The van der Waals surface area contributed by atoms with Gasteiger partial charge in [0.05, 0.1) is 11.4 Å². The smallest absolute Gasteiger partial charge is 0.0766 e. The monoisotopic (exact) mass is 215 g/mol. The van der Waals surface area contributed by atoms with E-state index in [-0.39, 0.29) is 0 Å². The van der Waals surface area contributed by atoms with Crippen LogP contribution in [-0.2, 0) is 6.54 Å². The Balaban J connectivity index is 2.38. The van der Waals surface area contributed by atoms with Crippen LogP contribution in [0.5, 0.6) is 0 Å². The van der Waals surface area contributed by atoms with Gasteiger partial charge in [-0.05, 0) is 44.2 Å². The zero-order valence-corrected chi connectivity index (χ0v) is 9.99. The van der Waals surface area contributed by atoms with Gasteiger partial charge in [0.2, 0.25) is 0 Å². The molecule has 0 amide bonds. The van der Waals surface area contributed by atoms with Crippen LogP contribution >= 0.6 is 0 Å². The number of rotatable bonds is 3. The maximum Gasteiger partial charge on any atom is 0.0766 e. The molecule has 0 fully saturated rings. The van der Waals surface area contributed by atoms with Crippen LogP contribution in [-0.4, -0.2) is 16.8 Å². The zero-order valence-electron chi connectivity index (χ0n) is 9.99. The van der Waals surface area contributed by atoms with Gasteiger partial charge in [0.25, 0.3) is 0 Å². The molecular formula is C13H17N3. The van der Waals surface area contributed by atoms with Crippen LogP contribution in [0.1, 0.15) is 16.8 Å². The van der Waals surface area contributed by atoms with E-state index in [1.807, 2.05) is 24.0 Å². The highest BCUT2D eigenvalue weighted by molar-refractivity contribution is 5.42. The first-order chi connectivity index (χ1) is 7.70. The first-order valence-corrected chi connectivity index (χ1v) is 5.47. The van der Waals surface area contributed by atoms with Crippen molar-refractivity contribution in [2.45, 2.75) is 20.4 Å². The van der Waals surface area contributed by atoms with Crippen molar-refractivity contribution >= 4 is 0 Å². The van der Waals surface area contributed by atoms with Crippen molar-refractivity contribution in [1.82, 2.24) is 15.1 Å². The molecule has 3 heteroatoms. The first kappa shape index (κ1) is 10.9. The molecule has 1 N–H and O–H groups in total. The minimum Gasteiger partial charge on any atom is -0.314 e. The standard InChI is InChI=1S/C13H17N3/c1-10-4-5-11(2)13(8-10)16-7-6-12(15-16)9-14-3/h4-8,14H,9H2,1-3H3. The lowest BCUT2D eigenvalue weighted by Crippen LogP contribution is -2.06. The molecule has 0 saturated heterocycles. The van der Waals surface area contributed by atoms with Crippen LogP contribution in [0.2, 0.25) is 0 Å². The lowest BCUT2D eigenvalue weighted by molar-refractivity contribution is 0.755. The summed E-state index contributed by atoms with van der Waals surface area (Å²) < 4.78 is 1.94. The molecule has 2 rings (SSSR count). The van der Waals surface area contributed by atoms with Gasteiger partial charge in [-0.3, -0.25) is 0 Å². The van der Waals surface area contributed by atoms with Crippen molar-refractivity contribution in [3.8, 4) is 5.69 Å². The fourth-order valence-corrected chi connectivity index (χ4v) is 1.74. The molecule has 0 spiro atoms. The van der Waals surface area contributed by atoms with Crippen molar-refractivity contribution in [3.05, 3.63) is 47.3 Å². The fourth-order valence-electron chi connectivity index (χ4n) is 1.74. The van der Waals surface area contributed by atoms with Crippen LogP contribution < -0.4 is 5.32 Å². The van der Waals surface area contributed by atoms with Crippen molar-refractivity contribution < 1.29 is 0 Å². The maximum absolute atomic E-state index is 4.53. The van der Waals surface area contributed by atoms with Gasteiger partial charge < -0.3 is 5.32 Å². The first-order valence-electron chi connectivity index (χ1n) is 5.47. The van der Waals surface area contributed by atoms with E-state index in [1.54, 1.807) is 0 Å². The normalized spacial score (nSPS) is 10.7. The predicted molar refractivity (Wildman–Crippen MR) is 65.8 cm³/mol. The Labute approximate surface area is 96.1 Å². The molecule has 0 unspecified atom stereocenters. The van der Waals surface area contributed by atoms with E-state index in [9.17, 15) is 0 Å². The van der Waals surface area contributed by atoms with E-state index in [4.69, 9.17) is 0 Å². The van der Waals surface area contributed by atoms with Crippen molar-refractivity contribution in [2.75, 3.05) is 7.05 Å². The molecule has 0 aliphatic heterocycles. The molecule has 0 aliphatic carbocycles. The third-order valence-electron chi connectivity index (χ3n) is 2.61. The second-order valence-electron chi connectivity index (χ2n) is 4.07. The molecule has 0 bridgehead atoms. The number of hydrogen-bond acceptors (Lipinski definition) is 2. The molecule has 3 nitrogen and oxygen atoms in total. The van der Waals surface area contributed by atoms with Crippen LogP contribution in [0, 0.1) is 13.8 Å². The number of aromatic nitrogens is 2. The molecule has 1 aromatic carbocycles. The summed E-state index contributed by atoms with van der Waals surface area (Å²) in [6.45, 7) is 5.01. The molecule has 2 aromatic rings. The molecule has 0 saturated carbocycles. The van der Waals surface area contributed by atoms with Gasteiger partial charge in [-0.15, -0.1) is 0 Å². The third kappa shape index (κ3) is 2.14. The lowest BCUT2D eigenvalue weighted by Gasteiger charge is -2.06. The van der Waals surface area contributed by atoms with Crippen LogP contribution in [0.4, 0.5) is 0 Å². The minimum atomic E-state index is 0.803. The Morgan fingerprint density at radius 3 is 2.81 bits per heavy atom. The summed E-state index contributed by atoms with van der Waals surface area (Å²) in [5, 5.41) is 7.63. The topological polar surface area (TPSA) is 29.9 Å². The summed E-state index contributed by atoms with van der Waals surface area (Å²) in [5.74, 6) is 0. The van der Waals surface area contributed by atoms with Gasteiger partial charge in [0, 0.05) is 12.7 Å². The number of aryl methyl sites for hydroxylation is 2. The average molecular weight is 215 g/mol. The third-order valence-corrected chi connectivity index (χ3v) is 2.61. The van der Waals surface area contributed by atoms with Crippen molar-refractivity contribution in [1.29, 1.82) is 0 Å². The highest BCUT2D eigenvalue weighted by atomic mass is 15.3. The second-order valence-corrected chi connectivity index (χ2v) is 4.07. The van der Waals surface area contributed by atoms with Crippen LogP contribution in [0.25, 0.3) is 5.69 Å². The summed E-state index contributed by atoms with van der Waals surface area (Å²) in [6.07, 6.45) is 2.01. The van der Waals surface area contributed by atoms with E-state index < -0.39 is 0 Å². The van der Waals surface area contributed by atoms with Gasteiger partial charge in [0.15, 0.2) is 0 Å². The zero-order chi connectivity index (χ0) is 11.5. The quantitative estimate of drug-likeness (QED) is 0.850. The van der Waals surface area contributed by atoms with E-state index in [2.05, 4.69) is 42.5 Å². The van der Waals surface area contributed by atoms with E-state index in [0.29, 0.717) is 0 Å². The molecule has 0 atom stereocenters. The number of nitrogens with zero attached hydrogens (tertiary/aromatic N) is 2. The summed E-state index contributed by atoms with van der Waals surface area (Å²) in [7, 11) is 1.93. The van der Waals surface area contributed by atoms with E-state index in [0.717, 1.165) is 17.9 Å². The molecule has 84 valence electrons. The maximum atomic E-state index is 4.53. The fraction of sp³-hybridized carbons (Fsp3) is 0.308. The number of nitrogens with one attached hydrogen (secondary N) is 1. The summed E-state index contributed by atoms with van der Waals surface area (Å²) in [6, 6.07) is 8.45. The highest BCUT2D eigenvalue weighted by Crippen LogP contribution is 2.15. The Kier molecular flexibility index (Phi) is 3.06. The predicted octanol–water partition coefficient (Wildman–Crippen LogP) is 2.21. The summed E-state index contributed by atoms with van der Waals surface area (Å²) >= 11 is 0. The van der Waals surface area contributed by atoms with E-state index >= 15 is 0 Å². The Bertz CT molecular complexity index is 486. The molecule has 1 aromatic heterocycles. The molecule has 0 radical (unpaired) electrons. The molecule has 0 aliphatic rings. The van der Waals surface area contributed by atoms with Gasteiger partial charge in [0.1, 0.15) is 0 Å². The van der Waals surface area contributed by atoms with Crippen LogP contribution in [0.15, 0.2) is 30.5 Å². The average Bonchev–Trinajstić information content (AvgIpc) is 2.71. The SMILES string of the molecule is CNCc1ccn(-c2cc(C)ccc2C)n1. The largest absolute Gasteiger partial charge is 0.314 e. The van der Waals surface area contributed by atoms with Crippen molar-refractivity contribution in [2.24, 2.45) is 0 Å². The lowest BCUT2D eigenvalue weighted by atomic mass is 10.1. The number of benzene rings is 1. The summed E-state index contributed by atoms with van der Waals surface area (Å²) in [5.41, 5.74) is 4.71. The molecule has 1 heterocycles. The number of hydrogen-bond donors (Lipinski definition) is 1. The van der Waals surface area contributed by atoms with E-state index in [1.165, 1.54) is 11.1 Å². The molecular weight excluding hydrogens is 198 g/mol. The highest BCUT2D eigenvalue weighted by Gasteiger charge is 2.03. The minimum absolute atomic E-state index is 0.803. The Morgan fingerprint density at radius 1 is 1.25 bits per heavy atom. The van der Waals surface area contributed by atoms with Gasteiger partial charge >= 0.3 is 0 Å². The Morgan fingerprint density at radius 2 is 2.06 bits per heavy atom. The second kappa shape index (κ2) is 4.49. The summed E-state index contributed by atoms with van der Waals surface area (Å²) in [4.78, 5) is 0. The van der Waals surface area contributed by atoms with Crippen molar-refractivity contribution in [3.63, 3.8) is 0 Å². The van der Waals surface area contributed by atoms with Gasteiger partial charge in [-0.1, -0.05) is 12.1 Å².